The Labute approximate surface area is 377 Å². The van der Waals surface area contributed by atoms with Gasteiger partial charge >= 0.3 is 0 Å². The standard InChI is InChI=1S/C38H64N4O24/c1-10-23(49)27(53)19(39-12(3)45)36(59-10)65-32-21(41-14(5)47)38(62-16(7-43)26(32)52)64-31-17(8-44)63-35(58-9-18-25(51)29(55)30(56)34(57)61-18)22(42-15(6)48)33(31)66-37-20(40-13(4)46)28(54)24(50)11(2)60-37/h10-11,16-38,43-44,49-57H,7-9H2,1-6H3,(H,39,45)(H,40,46)(H,41,47)(H,42,48)/t10-,11-,16+,17+,18+,19-,20-,21+,22+,23-,24-,25+,26+,27-,28-,29-,30+,31-,32+,33+,34+,35-,36-,37-,38-/m0/s1. The number of carbonyl (C=O) groups excluding carboxylic acids is 4. The number of hydrogen-bond acceptors (Lipinski definition) is 24. The molecule has 5 rings (SSSR count). The second kappa shape index (κ2) is 23.1. The van der Waals surface area contributed by atoms with Gasteiger partial charge in [-0.2, -0.15) is 0 Å². The Balaban J connectivity index is 1.57. The van der Waals surface area contributed by atoms with Crippen molar-refractivity contribution in [1.29, 1.82) is 0 Å². The molecular formula is C38H64N4O24. The third-order valence-corrected chi connectivity index (χ3v) is 11.8. The minimum Gasteiger partial charge on any atom is -0.394 e. The van der Waals surface area contributed by atoms with Gasteiger partial charge in [-0.3, -0.25) is 19.2 Å². The van der Waals surface area contributed by atoms with E-state index in [1.807, 2.05) is 0 Å². The van der Waals surface area contributed by atoms with Gasteiger partial charge in [-0.15, -0.1) is 0 Å². The van der Waals surface area contributed by atoms with Crippen LogP contribution in [-0.2, 0) is 61.8 Å². The third-order valence-electron chi connectivity index (χ3n) is 11.8. The lowest BCUT2D eigenvalue weighted by atomic mass is 9.93. The minimum atomic E-state index is -1.98. The van der Waals surface area contributed by atoms with Gasteiger partial charge in [0.2, 0.25) is 23.6 Å². The van der Waals surface area contributed by atoms with E-state index in [9.17, 15) is 75.3 Å². The summed E-state index contributed by atoms with van der Waals surface area (Å²) < 4.78 is 54.1. The monoisotopic (exact) mass is 960 g/mol. The molecule has 0 aromatic heterocycles. The van der Waals surface area contributed by atoms with Crippen molar-refractivity contribution >= 4 is 23.6 Å². The molecule has 5 aliphatic rings. The smallest absolute Gasteiger partial charge is 0.217 e. The van der Waals surface area contributed by atoms with Crippen molar-refractivity contribution in [2.45, 2.75) is 195 Å². The van der Waals surface area contributed by atoms with Crippen molar-refractivity contribution in [2.24, 2.45) is 0 Å². The first kappa shape index (κ1) is 54.0. The van der Waals surface area contributed by atoms with Gasteiger partial charge in [0.1, 0.15) is 110 Å². The van der Waals surface area contributed by atoms with E-state index >= 15 is 0 Å². The number of carbonyl (C=O) groups is 4. The molecule has 0 spiro atoms. The number of hydrogen-bond donors (Lipinski definition) is 15. The Kier molecular flexibility index (Phi) is 18.9. The zero-order chi connectivity index (χ0) is 49.1. The highest BCUT2D eigenvalue weighted by molar-refractivity contribution is 5.74. The van der Waals surface area contributed by atoms with Gasteiger partial charge in [0, 0.05) is 27.7 Å². The normalized spacial score (nSPS) is 46.5. The second-order valence-corrected chi connectivity index (χ2v) is 16.9. The Morgan fingerprint density at radius 2 is 0.833 bits per heavy atom. The maximum Gasteiger partial charge on any atom is 0.217 e. The van der Waals surface area contributed by atoms with Crippen LogP contribution in [0, 0.1) is 0 Å². The van der Waals surface area contributed by atoms with Gasteiger partial charge in [0.25, 0.3) is 0 Å². The molecule has 66 heavy (non-hydrogen) atoms. The van der Waals surface area contributed by atoms with Crippen LogP contribution in [0.4, 0.5) is 0 Å². The predicted octanol–water partition coefficient (Wildman–Crippen LogP) is -9.29. The van der Waals surface area contributed by atoms with Gasteiger partial charge in [0.05, 0.1) is 32.0 Å². The van der Waals surface area contributed by atoms with E-state index in [-0.39, 0.29) is 0 Å². The van der Waals surface area contributed by atoms with Crippen molar-refractivity contribution in [3.8, 4) is 0 Å². The summed E-state index contributed by atoms with van der Waals surface area (Å²) in [4.78, 5) is 50.4. The number of aliphatic hydroxyl groups is 11. The average molecular weight is 961 g/mol. The molecule has 28 heteroatoms. The summed E-state index contributed by atoms with van der Waals surface area (Å²) in [7, 11) is 0. The highest BCUT2D eigenvalue weighted by atomic mass is 16.8. The molecule has 5 aliphatic heterocycles. The van der Waals surface area contributed by atoms with Crippen LogP contribution in [0.2, 0.25) is 0 Å². The maximum atomic E-state index is 13.0. The SMILES string of the molecule is CC(=O)N[C@@H]1[C@H](O[C@@H]2[C@@H](NC(C)=O)[C@@H](OC[C@H]3O[C@@H](O)[C@H](O)[C@@H](O)[C@@H]3O)O[C@H](CO)[C@@H]2O[C@@H]2O[C@H](CO)[C@@H](O)[C@H](O[C@@H]3O[C@@H](C)[C@H](O)[C@@H](O)[C@@H]3NC(C)=O)[C@H]2NC(C)=O)O[C@@H](C)[C@H](O)[C@H]1O. The van der Waals surface area contributed by atoms with E-state index in [0.717, 1.165) is 27.7 Å². The molecule has 0 bridgehead atoms. The summed E-state index contributed by atoms with van der Waals surface area (Å²) in [6.07, 6.45) is -35.2. The van der Waals surface area contributed by atoms with Gasteiger partial charge < -0.3 is 120 Å². The lowest BCUT2D eigenvalue weighted by Gasteiger charge is -2.52. The Morgan fingerprint density at radius 1 is 0.424 bits per heavy atom. The van der Waals surface area contributed by atoms with Crippen LogP contribution in [0.5, 0.6) is 0 Å². The third kappa shape index (κ3) is 12.3. The van der Waals surface area contributed by atoms with Crippen LogP contribution < -0.4 is 21.3 Å². The molecule has 28 nitrogen and oxygen atoms in total. The summed E-state index contributed by atoms with van der Waals surface area (Å²) in [5, 5.41) is 127. The van der Waals surface area contributed by atoms with E-state index < -0.39 is 197 Å². The maximum absolute atomic E-state index is 13.0. The van der Waals surface area contributed by atoms with E-state index in [1.54, 1.807) is 0 Å². The van der Waals surface area contributed by atoms with Crippen molar-refractivity contribution in [3.63, 3.8) is 0 Å². The van der Waals surface area contributed by atoms with Gasteiger partial charge in [-0.05, 0) is 13.8 Å². The second-order valence-electron chi connectivity index (χ2n) is 16.9. The van der Waals surface area contributed by atoms with Crippen LogP contribution in [0.3, 0.4) is 0 Å². The summed E-state index contributed by atoms with van der Waals surface area (Å²) in [5.74, 6) is -2.93. The summed E-state index contributed by atoms with van der Waals surface area (Å²) in [5.41, 5.74) is 0. The van der Waals surface area contributed by atoms with Crippen molar-refractivity contribution < 1.29 is 118 Å². The summed E-state index contributed by atoms with van der Waals surface area (Å²) in [6.45, 7) is 4.50. The molecule has 5 fully saturated rings. The van der Waals surface area contributed by atoms with Crippen molar-refractivity contribution in [3.05, 3.63) is 0 Å². The summed E-state index contributed by atoms with van der Waals surface area (Å²) in [6, 6.07) is -6.25. The highest BCUT2D eigenvalue weighted by Gasteiger charge is 2.57. The molecule has 15 N–H and O–H groups in total. The van der Waals surface area contributed by atoms with E-state index in [4.69, 9.17) is 42.6 Å². The quantitative estimate of drug-likeness (QED) is 0.0725. The molecule has 4 amide bonds. The Bertz CT molecular complexity index is 1640. The predicted molar refractivity (Wildman–Crippen MR) is 210 cm³/mol. The minimum absolute atomic E-state index is 0.677. The first-order valence-corrected chi connectivity index (χ1v) is 21.3. The van der Waals surface area contributed by atoms with Gasteiger partial charge in [-0.25, -0.2) is 0 Å². The van der Waals surface area contributed by atoms with Crippen LogP contribution in [0.25, 0.3) is 0 Å². The molecule has 0 saturated carbocycles. The van der Waals surface area contributed by atoms with E-state index in [1.165, 1.54) is 13.8 Å². The van der Waals surface area contributed by atoms with Crippen molar-refractivity contribution in [1.82, 2.24) is 21.3 Å². The fourth-order valence-electron chi connectivity index (χ4n) is 8.43. The number of nitrogens with one attached hydrogen (secondary N) is 4. The zero-order valence-electron chi connectivity index (χ0n) is 36.8. The van der Waals surface area contributed by atoms with E-state index in [0.29, 0.717) is 0 Å². The van der Waals surface area contributed by atoms with Crippen LogP contribution >= 0.6 is 0 Å². The van der Waals surface area contributed by atoms with Crippen LogP contribution in [0.1, 0.15) is 41.5 Å². The number of ether oxygens (including phenoxy) is 9. The fraction of sp³-hybridized carbons (Fsp3) is 0.895. The zero-order valence-corrected chi connectivity index (χ0v) is 36.8. The molecule has 0 aromatic rings. The van der Waals surface area contributed by atoms with Crippen LogP contribution in [-0.4, -0.2) is 253 Å². The molecule has 0 unspecified atom stereocenters. The van der Waals surface area contributed by atoms with E-state index in [2.05, 4.69) is 21.3 Å². The fourth-order valence-corrected chi connectivity index (χ4v) is 8.43. The Morgan fingerprint density at radius 3 is 1.30 bits per heavy atom. The molecule has 5 saturated heterocycles. The van der Waals surface area contributed by atoms with Gasteiger partial charge in [0.15, 0.2) is 31.5 Å². The average Bonchev–Trinajstić information content (AvgIpc) is 3.24. The molecule has 0 radical (unpaired) electrons. The number of rotatable bonds is 15. The molecular weight excluding hydrogens is 896 g/mol. The lowest BCUT2D eigenvalue weighted by Crippen LogP contribution is -2.72. The largest absolute Gasteiger partial charge is 0.394 e. The number of aliphatic hydroxyl groups excluding tert-OH is 11. The summed E-state index contributed by atoms with van der Waals surface area (Å²) >= 11 is 0. The van der Waals surface area contributed by atoms with Crippen LogP contribution in [0.15, 0.2) is 0 Å². The number of amides is 4. The molecule has 0 aromatic carbocycles. The molecule has 25 atom stereocenters. The van der Waals surface area contributed by atoms with Crippen molar-refractivity contribution in [2.75, 3.05) is 19.8 Å². The van der Waals surface area contributed by atoms with Gasteiger partial charge in [-0.1, -0.05) is 0 Å². The Hall–Kier alpha value is -2.92. The highest BCUT2D eigenvalue weighted by Crippen LogP contribution is 2.36. The topological polar surface area (TPSA) is 422 Å². The molecule has 380 valence electrons. The first-order chi connectivity index (χ1) is 31.0. The lowest BCUT2D eigenvalue weighted by molar-refractivity contribution is -0.368. The molecule has 0 aliphatic carbocycles. The molecule has 5 heterocycles. The first-order valence-electron chi connectivity index (χ1n) is 21.3.